The lowest BCUT2D eigenvalue weighted by Gasteiger charge is -2.08. The third-order valence-corrected chi connectivity index (χ3v) is 1.54. The fraction of sp³-hybridized carbons (Fsp3) is 0.300. The number of carbonyl (C=O) groups is 1. The lowest BCUT2D eigenvalue weighted by molar-refractivity contribution is 0.0371. The summed E-state index contributed by atoms with van der Waals surface area (Å²) in [7, 11) is 0. The molecule has 0 radical (unpaired) electrons. The van der Waals surface area contributed by atoms with Gasteiger partial charge in [-0.1, -0.05) is 6.07 Å². The van der Waals surface area contributed by atoms with Crippen LogP contribution in [0.5, 0.6) is 5.75 Å². The smallest absolute Gasteiger partial charge is 0.341 e. The summed E-state index contributed by atoms with van der Waals surface area (Å²) in [5.41, 5.74) is -0.251. The molecule has 4 heteroatoms. The SMILES string of the molecule is CC(C)OC(=O)c1cccc(O)c1F. The number of benzene rings is 1. The Bertz CT molecular complexity index is 347. The maximum Gasteiger partial charge on any atom is 0.341 e. The summed E-state index contributed by atoms with van der Waals surface area (Å²) < 4.78 is 17.9. The van der Waals surface area contributed by atoms with E-state index in [0.717, 1.165) is 0 Å². The highest BCUT2D eigenvalue weighted by Gasteiger charge is 2.16. The molecule has 76 valence electrons. The van der Waals surface area contributed by atoms with Crippen LogP contribution in [0.3, 0.4) is 0 Å². The predicted octanol–water partition coefficient (Wildman–Crippen LogP) is 2.10. The molecule has 0 aliphatic carbocycles. The molecular formula is C10H11FO3. The molecule has 0 bridgehead atoms. The van der Waals surface area contributed by atoms with Crippen LogP contribution in [-0.4, -0.2) is 17.2 Å². The van der Waals surface area contributed by atoms with E-state index in [9.17, 15) is 9.18 Å². The van der Waals surface area contributed by atoms with Crippen molar-refractivity contribution in [3.8, 4) is 5.75 Å². The fourth-order valence-electron chi connectivity index (χ4n) is 0.955. The van der Waals surface area contributed by atoms with Crippen LogP contribution in [-0.2, 0) is 4.74 Å². The maximum atomic E-state index is 13.2. The molecule has 1 N–H and O–H groups in total. The van der Waals surface area contributed by atoms with Gasteiger partial charge in [0.2, 0.25) is 0 Å². The second kappa shape index (κ2) is 4.09. The van der Waals surface area contributed by atoms with Gasteiger partial charge in [0.25, 0.3) is 0 Å². The summed E-state index contributed by atoms with van der Waals surface area (Å²) in [6.45, 7) is 3.33. The van der Waals surface area contributed by atoms with Crippen LogP contribution in [0.15, 0.2) is 18.2 Å². The quantitative estimate of drug-likeness (QED) is 0.740. The molecule has 0 spiro atoms. The third kappa shape index (κ3) is 2.22. The van der Waals surface area contributed by atoms with Gasteiger partial charge in [0, 0.05) is 0 Å². The normalized spacial score (nSPS) is 10.3. The van der Waals surface area contributed by atoms with E-state index in [1.54, 1.807) is 13.8 Å². The molecular weight excluding hydrogens is 187 g/mol. The Morgan fingerprint density at radius 1 is 1.50 bits per heavy atom. The van der Waals surface area contributed by atoms with Crippen LogP contribution in [0, 0.1) is 5.82 Å². The molecule has 0 amide bonds. The monoisotopic (exact) mass is 198 g/mol. The largest absolute Gasteiger partial charge is 0.505 e. The Kier molecular flexibility index (Phi) is 3.06. The van der Waals surface area contributed by atoms with Crippen molar-refractivity contribution in [1.82, 2.24) is 0 Å². The highest BCUT2D eigenvalue weighted by molar-refractivity contribution is 5.90. The van der Waals surface area contributed by atoms with Gasteiger partial charge in [-0.25, -0.2) is 9.18 Å². The van der Waals surface area contributed by atoms with Crippen LogP contribution < -0.4 is 0 Å². The van der Waals surface area contributed by atoms with Gasteiger partial charge in [-0.2, -0.15) is 0 Å². The average molecular weight is 198 g/mol. The van der Waals surface area contributed by atoms with Crippen molar-refractivity contribution in [1.29, 1.82) is 0 Å². The van der Waals surface area contributed by atoms with Crippen LogP contribution in [0.1, 0.15) is 24.2 Å². The Balaban J connectivity index is 2.96. The summed E-state index contributed by atoms with van der Waals surface area (Å²) >= 11 is 0. The zero-order valence-corrected chi connectivity index (χ0v) is 7.95. The van der Waals surface area contributed by atoms with Gasteiger partial charge < -0.3 is 9.84 Å². The second-order valence-corrected chi connectivity index (χ2v) is 3.09. The summed E-state index contributed by atoms with van der Waals surface area (Å²) in [5.74, 6) is -2.27. The summed E-state index contributed by atoms with van der Waals surface area (Å²) in [6.07, 6.45) is -0.316. The molecule has 14 heavy (non-hydrogen) atoms. The number of aromatic hydroxyl groups is 1. The highest BCUT2D eigenvalue weighted by atomic mass is 19.1. The van der Waals surface area contributed by atoms with Crippen molar-refractivity contribution in [2.75, 3.05) is 0 Å². The lowest BCUT2D eigenvalue weighted by Crippen LogP contribution is -2.13. The minimum atomic E-state index is -0.946. The van der Waals surface area contributed by atoms with Crippen molar-refractivity contribution < 1.29 is 19.0 Å². The summed E-state index contributed by atoms with van der Waals surface area (Å²) in [5, 5.41) is 9.00. The first-order valence-corrected chi connectivity index (χ1v) is 4.21. The number of halogens is 1. The number of ether oxygens (including phenoxy) is 1. The molecule has 0 aliphatic heterocycles. The summed E-state index contributed by atoms with van der Waals surface area (Å²) in [6, 6.07) is 3.82. The van der Waals surface area contributed by atoms with E-state index >= 15 is 0 Å². The van der Waals surface area contributed by atoms with Gasteiger partial charge >= 0.3 is 5.97 Å². The molecule has 0 aliphatic rings. The topological polar surface area (TPSA) is 46.5 Å². The minimum Gasteiger partial charge on any atom is -0.505 e. The summed E-state index contributed by atoms with van der Waals surface area (Å²) in [4.78, 5) is 11.3. The molecule has 0 fully saturated rings. The zero-order valence-electron chi connectivity index (χ0n) is 7.95. The molecule has 1 aromatic rings. The van der Waals surface area contributed by atoms with E-state index < -0.39 is 17.5 Å². The number of hydrogen-bond acceptors (Lipinski definition) is 3. The van der Waals surface area contributed by atoms with Gasteiger partial charge in [0.15, 0.2) is 11.6 Å². The van der Waals surface area contributed by atoms with E-state index in [0.29, 0.717) is 0 Å². The minimum absolute atomic E-state index is 0.251. The fourth-order valence-corrected chi connectivity index (χ4v) is 0.955. The van der Waals surface area contributed by atoms with Gasteiger partial charge in [0.05, 0.1) is 11.7 Å². The van der Waals surface area contributed by atoms with Crippen molar-refractivity contribution in [3.05, 3.63) is 29.6 Å². The van der Waals surface area contributed by atoms with Gasteiger partial charge in [-0.05, 0) is 26.0 Å². The first kappa shape index (κ1) is 10.5. The van der Waals surface area contributed by atoms with E-state index in [2.05, 4.69) is 0 Å². The molecule has 0 unspecified atom stereocenters. The Labute approximate surface area is 81.1 Å². The van der Waals surface area contributed by atoms with Crippen LogP contribution in [0.4, 0.5) is 4.39 Å². The van der Waals surface area contributed by atoms with Crippen LogP contribution >= 0.6 is 0 Å². The number of esters is 1. The van der Waals surface area contributed by atoms with E-state index in [4.69, 9.17) is 9.84 Å². The van der Waals surface area contributed by atoms with Crippen molar-refractivity contribution in [2.45, 2.75) is 20.0 Å². The average Bonchev–Trinajstić information content (AvgIpc) is 2.08. The second-order valence-electron chi connectivity index (χ2n) is 3.09. The third-order valence-electron chi connectivity index (χ3n) is 1.54. The van der Waals surface area contributed by atoms with Crippen molar-refractivity contribution in [3.63, 3.8) is 0 Å². The molecule has 1 rings (SSSR count). The van der Waals surface area contributed by atoms with Gasteiger partial charge in [-0.3, -0.25) is 0 Å². The Morgan fingerprint density at radius 3 is 2.71 bits per heavy atom. The molecule has 0 heterocycles. The standard InChI is InChI=1S/C10H11FO3/c1-6(2)14-10(13)7-4-3-5-8(12)9(7)11/h3-6,12H,1-2H3. The highest BCUT2D eigenvalue weighted by Crippen LogP contribution is 2.19. The number of phenolic OH excluding ortho intramolecular Hbond substituents is 1. The molecule has 0 aromatic heterocycles. The first-order valence-electron chi connectivity index (χ1n) is 4.21. The number of carbonyl (C=O) groups excluding carboxylic acids is 1. The van der Waals surface area contributed by atoms with Gasteiger partial charge in [0.1, 0.15) is 0 Å². The van der Waals surface area contributed by atoms with Crippen LogP contribution in [0.2, 0.25) is 0 Å². The predicted molar refractivity (Wildman–Crippen MR) is 48.6 cm³/mol. The lowest BCUT2D eigenvalue weighted by atomic mass is 10.2. The van der Waals surface area contributed by atoms with E-state index in [-0.39, 0.29) is 11.7 Å². The Morgan fingerprint density at radius 2 is 2.14 bits per heavy atom. The van der Waals surface area contributed by atoms with E-state index in [1.165, 1.54) is 18.2 Å². The molecule has 0 saturated heterocycles. The van der Waals surface area contributed by atoms with E-state index in [1.807, 2.05) is 0 Å². The zero-order chi connectivity index (χ0) is 10.7. The Hall–Kier alpha value is -1.58. The first-order chi connectivity index (χ1) is 6.52. The van der Waals surface area contributed by atoms with Crippen molar-refractivity contribution >= 4 is 5.97 Å². The molecule has 0 saturated carbocycles. The number of hydrogen-bond donors (Lipinski definition) is 1. The molecule has 0 atom stereocenters. The van der Waals surface area contributed by atoms with Crippen molar-refractivity contribution in [2.24, 2.45) is 0 Å². The van der Waals surface area contributed by atoms with Crippen LogP contribution in [0.25, 0.3) is 0 Å². The van der Waals surface area contributed by atoms with Gasteiger partial charge in [-0.15, -0.1) is 0 Å². The maximum absolute atomic E-state index is 13.2. The molecule has 1 aromatic carbocycles. The number of phenols is 1. The molecule has 3 nitrogen and oxygen atoms in total. The number of rotatable bonds is 2.